The van der Waals surface area contributed by atoms with Crippen molar-refractivity contribution in [1.82, 2.24) is 4.90 Å². The van der Waals surface area contributed by atoms with Gasteiger partial charge < -0.3 is 19.1 Å². The van der Waals surface area contributed by atoms with Crippen LogP contribution < -0.4 is 4.74 Å². The summed E-state index contributed by atoms with van der Waals surface area (Å²) in [5.41, 5.74) is 0.594. The Kier molecular flexibility index (Phi) is 5.38. The Morgan fingerprint density at radius 2 is 1.95 bits per heavy atom. The molecule has 1 amide bonds. The summed E-state index contributed by atoms with van der Waals surface area (Å²) in [6, 6.07) is 7.31. The number of carbonyl (C=O) groups excluding carboxylic acids is 1. The van der Waals surface area contributed by atoms with Crippen molar-refractivity contribution in [2.75, 3.05) is 32.9 Å². The van der Waals surface area contributed by atoms with Gasteiger partial charge in [0.05, 0.1) is 18.7 Å². The lowest BCUT2D eigenvalue weighted by Crippen LogP contribution is -2.40. The highest BCUT2D eigenvalue weighted by Gasteiger charge is 2.25. The maximum Gasteiger partial charge on any atom is 0.257 e. The third-order valence-electron chi connectivity index (χ3n) is 3.10. The third-order valence-corrected chi connectivity index (χ3v) is 3.10. The van der Waals surface area contributed by atoms with Crippen LogP contribution in [0.2, 0.25) is 0 Å². The summed E-state index contributed by atoms with van der Waals surface area (Å²) in [4.78, 5) is 14.2. The van der Waals surface area contributed by atoms with Crippen LogP contribution in [0.15, 0.2) is 24.3 Å². The molecule has 1 aromatic carbocycles. The van der Waals surface area contributed by atoms with Gasteiger partial charge in [-0.1, -0.05) is 12.1 Å². The number of rotatable bonds is 6. The van der Waals surface area contributed by atoms with Gasteiger partial charge in [-0.25, -0.2) is 0 Å². The van der Waals surface area contributed by atoms with Crippen LogP contribution in [0.5, 0.6) is 5.75 Å². The molecular weight excluding hydrogens is 258 g/mol. The lowest BCUT2D eigenvalue weighted by molar-refractivity contribution is -0.143. The van der Waals surface area contributed by atoms with Crippen molar-refractivity contribution in [3.05, 3.63) is 29.8 Å². The zero-order chi connectivity index (χ0) is 14.4. The van der Waals surface area contributed by atoms with E-state index in [9.17, 15) is 4.79 Å². The Labute approximate surface area is 119 Å². The number of amides is 1. The number of para-hydroxylation sites is 1. The van der Waals surface area contributed by atoms with E-state index in [4.69, 9.17) is 14.2 Å². The van der Waals surface area contributed by atoms with E-state index in [0.717, 1.165) is 0 Å². The fraction of sp³-hybridized carbons (Fsp3) is 0.533. The Hall–Kier alpha value is -1.59. The number of nitrogens with zero attached hydrogens (tertiary/aromatic N) is 1. The van der Waals surface area contributed by atoms with E-state index in [-0.39, 0.29) is 12.2 Å². The maximum atomic E-state index is 12.5. The van der Waals surface area contributed by atoms with Crippen molar-refractivity contribution in [1.29, 1.82) is 0 Å². The van der Waals surface area contributed by atoms with E-state index in [1.165, 1.54) is 0 Å². The quantitative estimate of drug-likeness (QED) is 0.746. The van der Waals surface area contributed by atoms with Crippen LogP contribution in [-0.4, -0.2) is 50.0 Å². The molecule has 1 aliphatic heterocycles. The molecule has 5 nitrogen and oxygen atoms in total. The van der Waals surface area contributed by atoms with E-state index < -0.39 is 0 Å². The smallest absolute Gasteiger partial charge is 0.257 e. The van der Waals surface area contributed by atoms with Crippen molar-refractivity contribution in [2.24, 2.45) is 0 Å². The molecule has 0 aliphatic carbocycles. The monoisotopic (exact) mass is 279 g/mol. The minimum absolute atomic E-state index is 0.0393. The fourth-order valence-corrected chi connectivity index (χ4v) is 2.19. The number of hydrogen-bond acceptors (Lipinski definition) is 4. The summed E-state index contributed by atoms with van der Waals surface area (Å²) in [7, 11) is 0. The van der Waals surface area contributed by atoms with Gasteiger partial charge >= 0.3 is 0 Å². The number of ether oxygens (including phenoxy) is 3. The van der Waals surface area contributed by atoms with Crippen molar-refractivity contribution in [3.8, 4) is 5.75 Å². The van der Waals surface area contributed by atoms with Crippen molar-refractivity contribution in [2.45, 2.75) is 20.1 Å². The summed E-state index contributed by atoms with van der Waals surface area (Å²) in [5, 5.41) is 0. The summed E-state index contributed by atoms with van der Waals surface area (Å²) in [6.07, 6.45) is -0.390. The molecule has 0 N–H and O–H groups in total. The first-order valence-corrected chi connectivity index (χ1v) is 7.00. The van der Waals surface area contributed by atoms with Crippen LogP contribution in [0.25, 0.3) is 0 Å². The summed E-state index contributed by atoms with van der Waals surface area (Å²) in [5.74, 6) is 0.604. The van der Waals surface area contributed by atoms with Gasteiger partial charge in [-0.3, -0.25) is 4.79 Å². The molecule has 1 aromatic rings. The average Bonchev–Trinajstić information content (AvgIpc) is 2.60. The van der Waals surface area contributed by atoms with Crippen LogP contribution in [0.1, 0.15) is 24.2 Å². The van der Waals surface area contributed by atoms with Crippen LogP contribution in [0.3, 0.4) is 0 Å². The number of carbonyl (C=O) groups is 1. The standard InChI is InChI=1S/C15H21NO4/c1-3-18-14(19-4-2)11-16-9-10-20-13-8-6-5-7-12(13)15(16)17/h5-8,14H,3-4,9-11H2,1-2H3. The second-order valence-electron chi connectivity index (χ2n) is 4.44. The van der Waals surface area contributed by atoms with Gasteiger partial charge in [-0.05, 0) is 26.0 Å². The minimum Gasteiger partial charge on any atom is -0.491 e. The van der Waals surface area contributed by atoms with Gasteiger partial charge in [0.25, 0.3) is 5.91 Å². The van der Waals surface area contributed by atoms with Gasteiger partial charge in [0, 0.05) is 13.2 Å². The second kappa shape index (κ2) is 7.26. The largest absolute Gasteiger partial charge is 0.491 e. The molecule has 0 radical (unpaired) electrons. The van der Waals surface area contributed by atoms with Crippen molar-refractivity contribution < 1.29 is 19.0 Å². The molecule has 0 bridgehead atoms. The van der Waals surface area contributed by atoms with Crippen molar-refractivity contribution >= 4 is 5.91 Å². The molecule has 1 heterocycles. The predicted molar refractivity (Wildman–Crippen MR) is 74.9 cm³/mol. The molecule has 0 fully saturated rings. The Morgan fingerprint density at radius 3 is 2.65 bits per heavy atom. The number of hydrogen-bond donors (Lipinski definition) is 0. The second-order valence-corrected chi connectivity index (χ2v) is 4.44. The average molecular weight is 279 g/mol. The molecule has 110 valence electrons. The van der Waals surface area contributed by atoms with Crippen LogP contribution in [0.4, 0.5) is 0 Å². The molecule has 20 heavy (non-hydrogen) atoms. The minimum atomic E-state index is -0.390. The van der Waals surface area contributed by atoms with Gasteiger partial charge in [0.1, 0.15) is 12.4 Å². The predicted octanol–water partition coefficient (Wildman–Crippen LogP) is 1.92. The first-order valence-electron chi connectivity index (χ1n) is 7.00. The SMILES string of the molecule is CCOC(CN1CCOc2ccccc2C1=O)OCC. The van der Waals surface area contributed by atoms with Gasteiger partial charge in [0.2, 0.25) is 0 Å². The normalized spacial score (nSPS) is 14.9. The molecule has 0 atom stereocenters. The van der Waals surface area contributed by atoms with Crippen LogP contribution in [-0.2, 0) is 9.47 Å². The van der Waals surface area contributed by atoms with E-state index in [1.807, 2.05) is 32.0 Å². The highest BCUT2D eigenvalue weighted by atomic mass is 16.7. The molecule has 0 saturated carbocycles. The zero-order valence-electron chi connectivity index (χ0n) is 12.0. The maximum absolute atomic E-state index is 12.5. The van der Waals surface area contributed by atoms with Gasteiger partial charge in [0.15, 0.2) is 6.29 Å². The van der Waals surface area contributed by atoms with E-state index in [2.05, 4.69) is 0 Å². The number of fused-ring (bicyclic) bond motifs is 1. The molecule has 5 heteroatoms. The fourth-order valence-electron chi connectivity index (χ4n) is 2.19. The first-order chi connectivity index (χ1) is 9.76. The number of benzene rings is 1. The summed E-state index contributed by atoms with van der Waals surface area (Å²) >= 11 is 0. The highest BCUT2D eigenvalue weighted by molar-refractivity contribution is 5.97. The van der Waals surface area contributed by atoms with Crippen LogP contribution in [0, 0.1) is 0 Å². The summed E-state index contributed by atoms with van der Waals surface area (Å²) < 4.78 is 16.6. The molecule has 0 saturated heterocycles. The highest BCUT2D eigenvalue weighted by Crippen LogP contribution is 2.22. The van der Waals surface area contributed by atoms with Gasteiger partial charge in [-0.2, -0.15) is 0 Å². The Balaban J connectivity index is 2.10. The molecular formula is C15H21NO4. The van der Waals surface area contributed by atoms with Crippen molar-refractivity contribution in [3.63, 3.8) is 0 Å². The molecule has 0 aromatic heterocycles. The van der Waals surface area contributed by atoms with E-state index in [1.54, 1.807) is 11.0 Å². The topological polar surface area (TPSA) is 48.0 Å². The molecule has 2 rings (SSSR count). The van der Waals surface area contributed by atoms with E-state index in [0.29, 0.717) is 44.2 Å². The van der Waals surface area contributed by atoms with Gasteiger partial charge in [-0.15, -0.1) is 0 Å². The van der Waals surface area contributed by atoms with Crippen LogP contribution >= 0.6 is 0 Å². The Bertz CT molecular complexity index is 443. The zero-order valence-corrected chi connectivity index (χ0v) is 12.0. The lowest BCUT2D eigenvalue weighted by Gasteiger charge is -2.25. The molecule has 1 aliphatic rings. The lowest BCUT2D eigenvalue weighted by atomic mass is 10.2. The van der Waals surface area contributed by atoms with E-state index >= 15 is 0 Å². The summed E-state index contributed by atoms with van der Waals surface area (Å²) in [6.45, 7) is 6.36. The Morgan fingerprint density at radius 1 is 1.25 bits per heavy atom. The molecule has 0 spiro atoms. The third kappa shape index (κ3) is 3.49. The first kappa shape index (κ1) is 14.8. The molecule has 0 unspecified atom stereocenters.